The lowest BCUT2D eigenvalue weighted by atomic mass is 10.1. The number of halogens is 8. The molecule has 0 saturated heterocycles. The Balaban J connectivity index is 0. The van der Waals surface area contributed by atoms with Gasteiger partial charge in [-0.3, -0.25) is 25.3 Å². The van der Waals surface area contributed by atoms with Crippen LogP contribution in [-0.4, -0.2) is 119 Å². The number of aromatic nitrogens is 8. The lowest BCUT2D eigenvalue weighted by Gasteiger charge is -2.07. The zero-order valence-corrected chi connectivity index (χ0v) is 76.3. The van der Waals surface area contributed by atoms with Gasteiger partial charge in [-0.05, 0) is 68.8 Å². The van der Waals surface area contributed by atoms with Crippen LogP contribution in [0, 0.1) is 70.7 Å². The first kappa shape index (κ1) is 93.5. The third-order valence-corrected chi connectivity index (χ3v) is 18.5. The van der Waals surface area contributed by atoms with Crippen molar-refractivity contribution >= 4 is 155 Å². The Labute approximate surface area is 661 Å². The Kier molecular flexibility index (Phi) is 46.8. The molecule has 4 aromatic carbocycles. The number of imidazole rings is 4. The molecule has 10 rings (SSSR count). The molecule has 0 atom stereocenters. The van der Waals surface area contributed by atoms with Gasteiger partial charge in [0.25, 0.3) is 0 Å². The van der Waals surface area contributed by atoms with Crippen molar-refractivity contribution < 1.29 is 111 Å². The lowest BCUT2D eigenvalue weighted by molar-refractivity contribution is -0.707. The fourth-order valence-corrected chi connectivity index (χ4v) is 13.7. The summed E-state index contributed by atoms with van der Waals surface area (Å²) in [6, 6.07) is 36.4. The van der Waals surface area contributed by atoms with Gasteiger partial charge in [0.15, 0.2) is 0 Å². The molecule has 6 heterocycles. The highest BCUT2D eigenvalue weighted by Crippen LogP contribution is 2.23. The van der Waals surface area contributed by atoms with Crippen molar-refractivity contribution in [2.75, 3.05) is 75.1 Å². The zero-order valence-electron chi connectivity index (χ0n) is 56.4. The predicted octanol–water partition coefficient (Wildman–Crippen LogP) is -2.39. The van der Waals surface area contributed by atoms with Gasteiger partial charge in [0.2, 0.25) is 0 Å². The summed E-state index contributed by atoms with van der Waals surface area (Å²) >= 11 is 10.1. The quantitative estimate of drug-likeness (QED) is 0.123. The molecule has 28 heteroatoms. The molecule has 16 bridgehead atoms. The molecule has 0 saturated carbocycles. The van der Waals surface area contributed by atoms with Gasteiger partial charge in [0.05, 0.1) is 90.4 Å². The minimum absolute atomic E-state index is 0. The maximum absolute atomic E-state index is 9.56. The Morgan fingerprint density at radius 3 is 0.565 bits per heavy atom. The Hall–Kier alpha value is -0.540. The third-order valence-electron chi connectivity index (χ3n) is 13.8. The molecule has 0 spiro atoms. The highest BCUT2D eigenvalue weighted by molar-refractivity contribution is 14.1. The van der Waals surface area contributed by atoms with E-state index in [1.807, 2.05) is 0 Å². The summed E-state index contributed by atoms with van der Waals surface area (Å²) in [6.07, 6.45) is 19.7. The highest BCUT2D eigenvalue weighted by atomic mass is 127. The van der Waals surface area contributed by atoms with Crippen LogP contribution in [0.2, 0.25) is 0 Å². The van der Waals surface area contributed by atoms with Crippen molar-refractivity contribution in [2.24, 2.45) is 0 Å². The van der Waals surface area contributed by atoms with Gasteiger partial charge >= 0.3 is 15.3 Å². The summed E-state index contributed by atoms with van der Waals surface area (Å²) in [6.45, 7) is 25.1. The van der Waals surface area contributed by atoms with Crippen LogP contribution in [0.3, 0.4) is 0 Å². The molecule has 14 nitrogen and oxygen atoms in total. The number of rotatable bonds is 0. The van der Waals surface area contributed by atoms with Gasteiger partial charge in [-0.2, -0.15) is 0 Å². The summed E-state index contributed by atoms with van der Waals surface area (Å²) in [7, 11) is -3.67. The highest BCUT2D eigenvalue weighted by Gasteiger charge is 2.29. The Morgan fingerprint density at radius 1 is 0.283 bits per heavy atom. The molecule has 2 aliphatic rings. The second-order valence-electron chi connectivity index (χ2n) is 22.2. The van der Waals surface area contributed by atoms with Crippen LogP contribution < -0.4 is 86.2 Å². The summed E-state index contributed by atoms with van der Waals surface area (Å²) in [5, 5.41) is 0. The normalized spacial score (nSPS) is 11.6. The van der Waals surface area contributed by atoms with E-state index in [-0.39, 0.29) is 67.9 Å². The first-order chi connectivity index (χ1) is 41.1. The first-order valence-electron chi connectivity index (χ1n) is 27.9. The van der Waals surface area contributed by atoms with Gasteiger partial charge in [-0.15, -0.1) is 0 Å². The van der Waals surface area contributed by atoms with Crippen molar-refractivity contribution in [3.63, 3.8) is 0 Å². The molecule has 0 N–H and O–H groups in total. The number of fused-ring (bicyclic) bond motifs is 16. The van der Waals surface area contributed by atoms with Crippen LogP contribution in [0.1, 0.15) is 90.1 Å². The monoisotopic (exact) mass is 2080 g/mol. The zero-order chi connectivity index (χ0) is 66.6. The van der Waals surface area contributed by atoms with Crippen LogP contribution in [0.25, 0.3) is 0 Å². The van der Waals surface area contributed by atoms with Crippen molar-refractivity contribution in [1.29, 1.82) is 0 Å². The predicted molar refractivity (Wildman–Crippen MR) is 406 cm³/mol. The van der Waals surface area contributed by atoms with Crippen LogP contribution in [0.4, 0.5) is 0 Å². The van der Waals surface area contributed by atoms with Gasteiger partial charge in [0, 0.05) is 195 Å². The molecular formula is C64H92Br4I4N8O6S6. The number of hydrogen-bond donors (Lipinski definition) is 0. The fraction of sp³-hybridized carbons (Fsp3) is 0.438. The minimum atomic E-state index is -0.611. The van der Waals surface area contributed by atoms with E-state index < -0.39 is 64.8 Å². The fourth-order valence-electron chi connectivity index (χ4n) is 9.49. The van der Waals surface area contributed by atoms with Gasteiger partial charge < -0.3 is 67.9 Å². The third kappa shape index (κ3) is 30.5. The Bertz CT molecular complexity index is 3130. The van der Waals surface area contributed by atoms with Crippen LogP contribution in [0.5, 0.6) is 0 Å². The average Bonchev–Trinajstić information content (AvgIpc) is 1.81. The van der Waals surface area contributed by atoms with E-state index in [0.29, 0.717) is 0 Å². The summed E-state index contributed by atoms with van der Waals surface area (Å²) in [4.78, 5) is 0. The van der Waals surface area contributed by atoms with Gasteiger partial charge in [-0.25, -0.2) is 36.5 Å². The summed E-state index contributed by atoms with van der Waals surface area (Å²) in [5.74, 6) is 0. The molecule has 516 valence electrons. The second kappa shape index (κ2) is 46.0. The van der Waals surface area contributed by atoms with E-state index in [1.54, 1.807) is 75.1 Å². The van der Waals surface area contributed by atoms with Crippen LogP contribution in [-0.2, 0) is 117 Å². The molecular weight excluding hydrogens is 2000 g/mol. The van der Waals surface area contributed by atoms with Crippen molar-refractivity contribution in [3.05, 3.63) is 202 Å². The molecule has 0 amide bonds. The minimum Gasteiger partial charge on any atom is -1.00 e. The molecule has 4 aromatic heterocycles. The maximum atomic E-state index is 9.56. The molecule has 0 radical (unpaired) electrons. The van der Waals surface area contributed by atoms with E-state index in [9.17, 15) is 25.3 Å². The molecule has 0 fully saturated rings. The smallest absolute Gasteiger partial charge is 0.318 e. The molecule has 92 heavy (non-hydrogen) atoms. The average molecular weight is 2090 g/mol. The second-order valence-corrected chi connectivity index (χ2v) is 34.9. The molecule has 0 aliphatic carbocycles. The van der Waals surface area contributed by atoms with E-state index in [1.165, 1.54) is 105 Å². The largest absolute Gasteiger partial charge is 1.00 e. The molecule has 8 aromatic rings. The standard InChI is InChI=1S/2C26H28I2N4.6C2H6OS.4BrH/c2*1-17-18(2)30-14-22-8-6-10-24(12-22)16-32-20(4)19(3)31(26(32)28)15-23-9-5-7-21(11-23)13-29(17)25(30)27;6*1-4(2)3;;;;/h2*5-12H,13-16H2,1-4H3;6*1-2H3;4*1H/q2*+2;;;;;;;;;;/p-4. The first-order valence-corrected chi connectivity index (χ1v) is 44.0. The van der Waals surface area contributed by atoms with E-state index in [2.05, 4.69) is 279 Å². The molecule has 2 aliphatic heterocycles. The number of nitrogens with zero attached hydrogens (tertiary/aromatic N) is 8. The van der Waals surface area contributed by atoms with Crippen LogP contribution >= 0.6 is 90.4 Å². The van der Waals surface area contributed by atoms with Crippen molar-refractivity contribution in [2.45, 2.75) is 108 Å². The summed E-state index contributed by atoms with van der Waals surface area (Å²) < 4.78 is 82.1. The van der Waals surface area contributed by atoms with Crippen LogP contribution in [0.15, 0.2) is 97.1 Å². The Morgan fingerprint density at radius 2 is 0.413 bits per heavy atom. The maximum Gasteiger partial charge on any atom is 0.318 e. The molecule has 0 unspecified atom stereocenters. The lowest BCUT2D eigenvalue weighted by Crippen LogP contribution is -3.00. The topological polar surface area (TPSA) is 138 Å². The van der Waals surface area contributed by atoms with Crippen molar-refractivity contribution in [3.8, 4) is 0 Å². The van der Waals surface area contributed by atoms with E-state index in [0.717, 1.165) is 52.4 Å². The van der Waals surface area contributed by atoms with Gasteiger partial charge in [-0.1, -0.05) is 72.8 Å². The van der Waals surface area contributed by atoms with Gasteiger partial charge in [0.1, 0.15) is 97.9 Å². The van der Waals surface area contributed by atoms with E-state index >= 15 is 0 Å². The summed E-state index contributed by atoms with van der Waals surface area (Å²) in [5.41, 5.74) is 21.5. The number of hydrogen-bond acceptors (Lipinski definition) is 6. The number of benzene rings is 4. The van der Waals surface area contributed by atoms with Crippen molar-refractivity contribution in [1.82, 2.24) is 18.3 Å². The SMILES string of the molecule is CS(C)=O.CS(C)=O.CS(C)=O.CS(C)=O.CS(C)=O.CS(C)=O.Cc1c(C)[n+]2c(I)n1Cc1cccc(c1)Cn1c(C)c(C)[n+](c1I)Cc1cccc(c1)C2.Cc1c(C)[n+]2c(I)n1Cc1cccc(c1)Cn1c(C)c(C)[n+](c1I)Cc1cccc(c1)C2.[Br-].[Br-].[Br-].[Br-]. The van der Waals surface area contributed by atoms with E-state index in [4.69, 9.17) is 0 Å².